The molecule has 0 atom stereocenters. The van der Waals surface area contributed by atoms with Gasteiger partial charge in [0.05, 0.1) is 25.3 Å². The van der Waals surface area contributed by atoms with Crippen LogP contribution in [0.4, 0.5) is 0 Å². The Hall–Kier alpha value is -4.52. The Morgan fingerprint density at radius 1 is 0.727 bits per heavy atom. The Bertz CT molecular complexity index is 1640. The number of hydrogen-bond donors (Lipinski definition) is 1. The summed E-state index contributed by atoms with van der Waals surface area (Å²) in [5.41, 5.74) is 0.830. The fourth-order valence-corrected chi connectivity index (χ4v) is 3.86. The average Bonchev–Trinajstić information content (AvgIpc) is 2.84. The van der Waals surface area contributed by atoms with Crippen LogP contribution in [-0.4, -0.2) is 19.3 Å². The molecule has 164 valence electrons. The number of rotatable bonds is 4. The van der Waals surface area contributed by atoms with Crippen molar-refractivity contribution in [2.45, 2.75) is 0 Å². The van der Waals surface area contributed by atoms with Gasteiger partial charge in [-0.1, -0.05) is 24.3 Å². The van der Waals surface area contributed by atoms with Crippen LogP contribution in [0.15, 0.2) is 85.5 Å². The molecule has 0 fully saturated rings. The van der Waals surface area contributed by atoms with Crippen molar-refractivity contribution in [2.75, 3.05) is 14.2 Å². The largest absolute Gasteiger partial charge is 0.507 e. The molecule has 33 heavy (non-hydrogen) atoms. The number of hydrogen-bond acceptors (Lipinski definition) is 7. The zero-order valence-corrected chi connectivity index (χ0v) is 17.7. The summed E-state index contributed by atoms with van der Waals surface area (Å²) in [6.45, 7) is 0. The van der Waals surface area contributed by atoms with E-state index >= 15 is 0 Å². The molecular formula is C26H18O7. The highest BCUT2D eigenvalue weighted by Crippen LogP contribution is 2.33. The quantitative estimate of drug-likeness (QED) is 0.393. The van der Waals surface area contributed by atoms with Gasteiger partial charge < -0.3 is 23.4 Å². The molecule has 0 radical (unpaired) electrons. The minimum absolute atomic E-state index is 0.0415. The molecule has 2 heterocycles. The van der Waals surface area contributed by atoms with E-state index in [2.05, 4.69) is 0 Å². The predicted molar refractivity (Wildman–Crippen MR) is 124 cm³/mol. The molecule has 0 bridgehead atoms. The summed E-state index contributed by atoms with van der Waals surface area (Å²) in [4.78, 5) is 26.8. The van der Waals surface area contributed by atoms with Gasteiger partial charge in [0.1, 0.15) is 46.1 Å². The van der Waals surface area contributed by atoms with Crippen LogP contribution >= 0.6 is 0 Å². The molecule has 3 aromatic carbocycles. The van der Waals surface area contributed by atoms with Gasteiger partial charge in [-0.15, -0.1) is 0 Å². The second kappa shape index (κ2) is 7.87. The zero-order chi connectivity index (χ0) is 23.1. The summed E-state index contributed by atoms with van der Waals surface area (Å²) in [6, 6.07) is 15.1. The first-order valence-electron chi connectivity index (χ1n) is 10.0. The average molecular weight is 442 g/mol. The SMILES string of the molecule is COc1cccc(-c2coc3c(c(O)cc4occ(-c5cccc(OC)c5)c(=O)c43)c2=O)c1. The zero-order valence-electron chi connectivity index (χ0n) is 17.7. The Morgan fingerprint density at radius 3 is 1.85 bits per heavy atom. The number of methoxy groups -OCH3 is 2. The third-order valence-electron chi connectivity index (χ3n) is 5.53. The van der Waals surface area contributed by atoms with Crippen LogP contribution in [0.2, 0.25) is 0 Å². The lowest BCUT2D eigenvalue weighted by Crippen LogP contribution is -2.10. The summed E-state index contributed by atoms with van der Waals surface area (Å²) >= 11 is 0. The summed E-state index contributed by atoms with van der Waals surface area (Å²) in [5.74, 6) is 0.809. The molecule has 0 aliphatic heterocycles. The van der Waals surface area contributed by atoms with Crippen LogP contribution in [0.5, 0.6) is 17.2 Å². The van der Waals surface area contributed by atoms with Gasteiger partial charge in [-0.3, -0.25) is 9.59 Å². The molecule has 0 aliphatic rings. The van der Waals surface area contributed by atoms with Gasteiger partial charge >= 0.3 is 0 Å². The van der Waals surface area contributed by atoms with Crippen molar-refractivity contribution in [3.63, 3.8) is 0 Å². The number of phenols is 1. The maximum Gasteiger partial charge on any atom is 0.204 e. The molecular weight excluding hydrogens is 424 g/mol. The van der Waals surface area contributed by atoms with Gasteiger partial charge in [0.15, 0.2) is 5.58 Å². The van der Waals surface area contributed by atoms with Gasteiger partial charge in [0, 0.05) is 6.07 Å². The van der Waals surface area contributed by atoms with E-state index in [0.29, 0.717) is 22.6 Å². The summed E-state index contributed by atoms with van der Waals surface area (Å²) in [7, 11) is 3.06. The number of aromatic hydroxyl groups is 1. The Morgan fingerprint density at radius 2 is 1.27 bits per heavy atom. The van der Waals surface area contributed by atoms with Crippen LogP contribution < -0.4 is 20.3 Å². The first-order chi connectivity index (χ1) is 16.0. The summed E-state index contributed by atoms with van der Waals surface area (Å²) in [6.07, 6.45) is 2.59. The molecule has 2 aromatic heterocycles. The van der Waals surface area contributed by atoms with Gasteiger partial charge in [-0.05, 0) is 35.4 Å². The van der Waals surface area contributed by atoms with E-state index in [-0.39, 0.29) is 38.8 Å². The molecule has 0 saturated heterocycles. The number of fused-ring (bicyclic) bond motifs is 3. The van der Waals surface area contributed by atoms with Crippen molar-refractivity contribution in [3.05, 3.63) is 87.6 Å². The molecule has 7 nitrogen and oxygen atoms in total. The van der Waals surface area contributed by atoms with Crippen LogP contribution in [0, 0.1) is 0 Å². The van der Waals surface area contributed by atoms with Crippen LogP contribution in [0.3, 0.4) is 0 Å². The number of benzene rings is 3. The smallest absolute Gasteiger partial charge is 0.204 e. The van der Waals surface area contributed by atoms with E-state index in [4.69, 9.17) is 18.3 Å². The van der Waals surface area contributed by atoms with Crippen LogP contribution in [0.25, 0.3) is 44.2 Å². The first-order valence-corrected chi connectivity index (χ1v) is 10.0. The third kappa shape index (κ3) is 3.30. The fraction of sp³-hybridized carbons (Fsp3) is 0.0769. The molecule has 0 spiro atoms. The lowest BCUT2D eigenvalue weighted by atomic mass is 10.0. The van der Waals surface area contributed by atoms with Gasteiger partial charge in [-0.2, -0.15) is 0 Å². The number of ether oxygens (including phenoxy) is 2. The van der Waals surface area contributed by atoms with E-state index in [1.807, 2.05) is 0 Å². The van der Waals surface area contributed by atoms with Gasteiger partial charge in [0.25, 0.3) is 0 Å². The standard InChI is InChI=1S/C26H18O7/c1-30-16-7-3-5-14(9-16)18-12-32-21-11-20(27)22-24(28)19(13-33-26(22)23(21)25(18)29)15-6-4-8-17(10-15)31-2/h3-13,27H,1-2H3. The minimum Gasteiger partial charge on any atom is -0.507 e. The van der Waals surface area contributed by atoms with Gasteiger partial charge in [-0.25, -0.2) is 0 Å². The Labute approximate surface area is 187 Å². The molecule has 0 unspecified atom stereocenters. The first kappa shape index (κ1) is 20.4. The lowest BCUT2D eigenvalue weighted by molar-refractivity contribution is 0.415. The molecule has 0 saturated carbocycles. The highest BCUT2D eigenvalue weighted by Gasteiger charge is 2.20. The Kier molecular flexibility index (Phi) is 4.86. The van der Waals surface area contributed by atoms with E-state index < -0.39 is 10.9 Å². The second-order valence-corrected chi connectivity index (χ2v) is 7.39. The third-order valence-corrected chi connectivity index (χ3v) is 5.53. The number of phenolic OH excluding ortho intramolecular Hbond substituents is 1. The molecule has 5 aromatic rings. The normalized spacial score (nSPS) is 11.1. The summed E-state index contributed by atoms with van der Waals surface area (Å²) in [5, 5.41) is 10.6. The van der Waals surface area contributed by atoms with Crippen molar-refractivity contribution in [2.24, 2.45) is 0 Å². The highest BCUT2D eigenvalue weighted by molar-refractivity contribution is 6.06. The predicted octanol–water partition coefficient (Wildman–Crippen LogP) is 4.96. The topological polar surface area (TPSA) is 99.1 Å². The van der Waals surface area contributed by atoms with Crippen LogP contribution in [-0.2, 0) is 0 Å². The summed E-state index contributed by atoms with van der Waals surface area (Å²) < 4.78 is 21.9. The van der Waals surface area contributed by atoms with Crippen molar-refractivity contribution in [1.29, 1.82) is 0 Å². The minimum atomic E-state index is -0.477. The van der Waals surface area contributed by atoms with Crippen molar-refractivity contribution in [1.82, 2.24) is 0 Å². The van der Waals surface area contributed by atoms with Crippen molar-refractivity contribution in [3.8, 4) is 39.5 Å². The van der Waals surface area contributed by atoms with Gasteiger partial charge in [0.2, 0.25) is 10.9 Å². The molecule has 1 N–H and O–H groups in total. The van der Waals surface area contributed by atoms with Crippen molar-refractivity contribution < 1.29 is 23.4 Å². The molecule has 7 heteroatoms. The van der Waals surface area contributed by atoms with E-state index in [1.54, 1.807) is 48.5 Å². The van der Waals surface area contributed by atoms with E-state index in [1.165, 1.54) is 32.8 Å². The van der Waals surface area contributed by atoms with Crippen LogP contribution in [0.1, 0.15) is 0 Å². The van der Waals surface area contributed by atoms with E-state index in [9.17, 15) is 14.7 Å². The molecule has 0 amide bonds. The highest BCUT2D eigenvalue weighted by atomic mass is 16.5. The van der Waals surface area contributed by atoms with Crippen molar-refractivity contribution >= 4 is 21.9 Å². The maximum atomic E-state index is 13.4. The Balaban J connectivity index is 1.81. The maximum absolute atomic E-state index is 13.4. The van der Waals surface area contributed by atoms with E-state index in [0.717, 1.165) is 0 Å². The second-order valence-electron chi connectivity index (χ2n) is 7.39. The lowest BCUT2D eigenvalue weighted by Gasteiger charge is -2.09. The molecule has 5 rings (SSSR count). The fourth-order valence-electron chi connectivity index (χ4n) is 3.86. The monoisotopic (exact) mass is 442 g/mol. The molecule has 0 aliphatic carbocycles.